The molecule has 1 rings (SSSR count). The van der Waals surface area contributed by atoms with Crippen molar-refractivity contribution in [2.45, 2.75) is 6.92 Å². The molecular formula is C12H11FN. The molecular weight excluding hydrogens is 177 g/mol. The van der Waals surface area contributed by atoms with E-state index in [2.05, 4.69) is 12.6 Å². The standard InChI is InChI=1S/C12H11FN/c1-3-10-5-4-6-11(9(2)7-13)12(10)8-14/h3-6H,1,7H2,2H3. The highest BCUT2D eigenvalue weighted by Gasteiger charge is 2.12. The third-order valence-electron chi connectivity index (χ3n) is 2.09. The van der Waals surface area contributed by atoms with Crippen molar-refractivity contribution in [2.75, 3.05) is 6.67 Å². The lowest BCUT2D eigenvalue weighted by atomic mass is 9.94. The topological polar surface area (TPSA) is 23.8 Å². The molecule has 1 aromatic rings. The molecule has 0 aromatic heterocycles. The molecule has 1 radical (unpaired) electrons. The lowest BCUT2D eigenvalue weighted by Crippen LogP contribution is -2.01. The molecule has 0 N–H and O–H groups in total. The SMILES string of the molecule is C=Cc1cccc([C](C)CF)c1C#N. The van der Waals surface area contributed by atoms with Gasteiger partial charge in [0.1, 0.15) is 6.07 Å². The van der Waals surface area contributed by atoms with Gasteiger partial charge in [-0.05, 0) is 11.1 Å². The maximum Gasteiger partial charge on any atom is 0.100 e. The lowest BCUT2D eigenvalue weighted by Gasteiger charge is -2.10. The molecule has 0 saturated carbocycles. The van der Waals surface area contributed by atoms with Crippen molar-refractivity contribution in [1.82, 2.24) is 0 Å². The van der Waals surface area contributed by atoms with E-state index < -0.39 is 6.67 Å². The van der Waals surface area contributed by atoms with Crippen LogP contribution in [0.5, 0.6) is 0 Å². The van der Waals surface area contributed by atoms with Gasteiger partial charge in [0.15, 0.2) is 0 Å². The van der Waals surface area contributed by atoms with Crippen LogP contribution in [0.1, 0.15) is 23.6 Å². The minimum atomic E-state index is -0.532. The summed E-state index contributed by atoms with van der Waals surface area (Å²) in [5, 5.41) is 8.94. The molecule has 0 aliphatic heterocycles. The minimum Gasteiger partial charge on any atom is -0.250 e. The smallest absolute Gasteiger partial charge is 0.100 e. The molecule has 1 aromatic carbocycles. The minimum absolute atomic E-state index is 0.498. The Balaban J connectivity index is 3.30. The molecule has 0 aliphatic rings. The number of hydrogen-bond donors (Lipinski definition) is 0. The van der Waals surface area contributed by atoms with Gasteiger partial charge in [-0.25, -0.2) is 0 Å². The number of nitriles is 1. The quantitative estimate of drug-likeness (QED) is 0.715. The van der Waals surface area contributed by atoms with Gasteiger partial charge in [-0.3, -0.25) is 4.39 Å². The van der Waals surface area contributed by atoms with Gasteiger partial charge in [-0.15, -0.1) is 0 Å². The van der Waals surface area contributed by atoms with Crippen LogP contribution in [0, 0.1) is 17.2 Å². The van der Waals surface area contributed by atoms with Crippen molar-refractivity contribution in [2.24, 2.45) is 0 Å². The van der Waals surface area contributed by atoms with E-state index >= 15 is 0 Å². The fraction of sp³-hybridized carbons (Fsp3) is 0.167. The molecule has 0 fully saturated rings. The van der Waals surface area contributed by atoms with Crippen molar-refractivity contribution in [3.63, 3.8) is 0 Å². The molecule has 0 heterocycles. The van der Waals surface area contributed by atoms with Crippen molar-refractivity contribution >= 4 is 6.08 Å². The van der Waals surface area contributed by atoms with Crippen molar-refractivity contribution < 1.29 is 4.39 Å². The second-order valence-corrected chi connectivity index (χ2v) is 3.00. The first-order valence-corrected chi connectivity index (χ1v) is 4.29. The molecule has 0 bridgehead atoms. The van der Waals surface area contributed by atoms with Crippen LogP contribution in [0.2, 0.25) is 0 Å². The normalized spacial score (nSPS) is 9.86. The first-order chi connectivity index (χ1) is 6.74. The van der Waals surface area contributed by atoms with Crippen LogP contribution < -0.4 is 0 Å². The van der Waals surface area contributed by atoms with E-state index in [9.17, 15) is 4.39 Å². The van der Waals surface area contributed by atoms with Gasteiger partial charge in [0.05, 0.1) is 12.2 Å². The predicted molar refractivity (Wildman–Crippen MR) is 55.2 cm³/mol. The molecule has 0 atom stereocenters. The van der Waals surface area contributed by atoms with Crippen molar-refractivity contribution in [1.29, 1.82) is 5.26 Å². The average Bonchev–Trinajstić information content (AvgIpc) is 2.26. The van der Waals surface area contributed by atoms with E-state index in [0.717, 1.165) is 5.56 Å². The Hall–Kier alpha value is -1.62. The number of halogens is 1. The third-order valence-corrected chi connectivity index (χ3v) is 2.09. The van der Waals surface area contributed by atoms with Gasteiger partial charge < -0.3 is 0 Å². The second-order valence-electron chi connectivity index (χ2n) is 3.00. The summed E-state index contributed by atoms with van der Waals surface area (Å²) < 4.78 is 12.5. The fourth-order valence-corrected chi connectivity index (χ4v) is 1.29. The van der Waals surface area contributed by atoms with Crippen LogP contribution in [0.25, 0.3) is 6.08 Å². The van der Waals surface area contributed by atoms with Gasteiger partial charge in [0, 0.05) is 5.92 Å². The average molecular weight is 188 g/mol. The zero-order chi connectivity index (χ0) is 10.6. The molecule has 0 spiro atoms. The summed E-state index contributed by atoms with van der Waals surface area (Å²) in [6, 6.07) is 7.41. The highest BCUT2D eigenvalue weighted by molar-refractivity contribution is 5.61. The number of nitrogens with zero attached hydrogens (tertiary/aromatic N) is 1. The summed E-state index contributed by atoms with van der Waals surface area (Å²) >= 11 is 0. The Kier molecular flexibility index (Phi) is 3.41. The molecule has 2 heteroatoms. The van der Waals surface area contributed by atoms with Crippen LogP contribution in [-0.2, 0) is 0 Å². The van der Waals surface area contributed by atoms with Crippen molar-refractivity contribution in [3.8, 4) is 6.07 Å². The second kappa shape index (κ2) is 4.57. The first kappa shape index (κ1) is 10.5. The Labute approximate surface area is 83.5 Å². The maximum absolute atomic E-state index is 12.5. The molecule has 0 aliphatic carbocycles. The largest absolute Gasteiger partial charge is 0.250 e. The summed E-state index contributed by atoms with van der Waals surface area (Å²) in [7, 11) is 0. The van der Waals surface area contributed by atoms with Gasteiger partial charge >= 0.3 is 0 Å². The number of alkyl halides is 1. The van der Waals surface area contributed by atoms with Gasteiger partial charge in [-0.1, -0.05) is 37.8 Å². The third kappa shape index (κ3) is 1.82. The van der Waals surface area contributed by atoms with Crippen LogP contribution in [0.15, 0.2) is 24.8 Å². The van der Waals surface area contributed by atoms with E-state index in [4.69, 9.17) is 5.26 Å². The van der Waals surface area contributed by atoms with E-state index in [0.29, 0.717) is 17.0 Å². The zero-order valence-corrected chi connectivity index (χ0v) is 8.05. The van der Waals surface area contributed by atoms with Gasteiger partial charge in [-0.2, -0.15) is 5.26 Å². The molecule has 71 valence electrons. The first-order valence-electron chi connectivity index (χ1n) is 4.29. The zero-order valence-electron chi connectivity index (χ0n) is 8.05. The fourth-order valence-electron chi connectivity index (χ4n) is 1.29. The van der Waals surface area contributed by atoms with Crippen LogP contribution in [0.3, 0.4) is 0 Å². The number of hydrogen-bond acceptors (Lipinski definition) is 1. The molecule has 0 amide bonds. The van der Waals surface area contributed by atoms with E-state index in [1.165, 1.54) is 0 Å². The molecule has 0 unspecified atom stereocenters. The number of rotatable bonds is 3. The Morgan fingerprint density at radius 2 is 2.36 bits per heavy atom. The van der Waals surface area contributed by atoms with Crippen molar-refractivity contribution in [3.05, 3.63) is 47.4 Å². The molecule has 1 nitrogen and oxygen atoms in total. The Bertz CT molecular complexity index is 376. The monoisotopic (exact) mass is 188 g/mol. The van der Waals surface area contributed by atoms with Crippen LogP contribution in [0.4, 0.5) is 4.39 Å². The van der Waals surface area contributed by atoms with Gasteiger partial charge in [0.2, 0.25) is 0 Å². The molecule has 0 saturated heterocycles. The summed E-state index contributed by atoms with van der Waals surface area (Å²) in [5.41, 5.74) is 1.92. The summed E-state index contributed by atoms with van der Waals surface area (Å²) in [6.45, 7) is 4.76. The summed E-state index contributed by atoms with van der Waals surface area (Å²) in [6.07, 6.45) is 1.60. The molecule has 14 heavy (non-hydrogen) atoms. The Morgan fingerprint density at radius 1 is 1.64 bits per heavy atom. The van der Waals surface area contributed by atoms with E-state index in [-0.39, 0.29) is 0 Å². The maximum atomic E-state index is 12.5. The highest BCUT2D eigenvalue weighted by Crippen LogP contribution is 2.22. The van der Waals surface area contributed by atoms with E-state index in [1.54, 1.807) is 31.2 Å². The number of benzene rings is 1. The lowest BCUT2D eigenvalue weighted by molar-refractivity contribution is 0.516. The summed E-state index contributed by atoms with van der Waals surface area (Å²) in [4.78, 5) is 0. The van der Waals surface area contributed by atoms with Crippen LogP contribution >= 0.6 is 0 Å². The van der Waals surface area contributed by atoms with Gasteiger partial charge in [0.25, 0.3) is 0 Å². The van der Waals surface area contributed by atoms with E-state index in [1.807, 2.05) is 0 Å². The Morgan fingerprint density at radius 3 is 2.86 bits per heavy atom. The summed E-state index contributed by atoms with van der Waals surface area (Å²) in [5.74, 6) is 0.574. The van der Waals surface area contributed by atoms with Crippen LogP contribution in [-0.4, -0.2) is 6.67 Å². The highest BCUT2D eigenvalue weighted by atomic mass is 19.1. The predicted octanol–water partition coefficient (Wildman–Crippen LogP) is 3.11.